The summed E-state index contributed by atoms with van der Waals surface area (Å²) >= 11 is 0. The number of non-ortho nitro benzene ring substituents is 1. The van der Waals surface area contributed by atoms with Crippen molar-refractivity contribution in [2.45, 2.75) is 20.3 Å². The van der Waals surface area contributed by atoms with Crippen LogP contribution in [-0.2, 0) is 4.79 Å². The van der Waals surface area contributed by atoms with Gasteiger partial charge in [0.05, 0.1) is 27.2 Å². The fraction of sp³-hybridized carbons (Fsp3) is 0.167. The Balaban J connectivity index is 0.000000696. The Morgan fingerprint density at radius 3 is 1.96 bits per heavy atom. The lowest BCUT2D eigenvalue weighted by atomic mass is 9.99. The number of carbonyl (C=O) groups excluding carboxylic acids is 1. The Morgan fingerprint density at radius 1 is 1.04 bits per heavy atom. The number of aliphatic carboxylic acids is 1. The number of nitro groups is 2. The number of ketones is 1. The topological polar surface area (TPSA) is 164 Å². The standard InChI is InChI=1S/C15H11N3O5.C3H6O2/c1-9(16)15(19)11-4-2-10(3-5-11)13-7-6-12(17(20)21)8-14(13)18(22)23;1-2-3(4)5/h2-8,16H,1H3;2H2,1H3,(H,4,5). The summed E-state index contributed by atoms with van der Waals surface area (Å²) in [4.78, 5) is 41.5. The van der Waals surface area contributed by atoms with Crippen molar-refractivity contribution in [2.24, 2.45) is 0 Å². The van der Waals surface area contributed by atoms with Gasteiger partial charge in [-0.1, -0.05) is 31.2 Å². The lowest BCUT2D eigenvalue weighted by molar-refractivity contribution is -0.393. The molecule has 0 spiro atoms. The third kappa shape index (κ3) is 5.80. The highest BCUT2D eigenvalue weighted by atomic mass is 16.6. The van der Waals surface area contributed by atoms with Gasteiger partial charge in [0, 0.05) is 18.1 Å². The number of nitrogens with zero attached hydrogens (tertiary/aromatic N) is 2. The van der Waals surface area contributed by atoms with Gasteiger partial charge in [-0.2, -0.15) is 0 Å². The second kappa shape index (κ2) is 9.67. The number of carboxylic acid groups (broad SMARTS) is 1. The van der Waals surface area contributed by atoms with E-state index in [4.69, 9.17) is 10.5 Å². The third-order valence-corrected chi connectivity index (χ3v) is 3.49. The van der Waals surface area contributed by atoms with Gasteiger partial charge >= 0.3 is 5.97 Å². The summed E-state index contributed by atoms with van der Waals surface area (Å²) in [6, 6.07) is 9.31. The van der Waals surface area contributed by atoms with Crippen molar-refractivity contribution in [3.63, 3.8) is 0 Å². The summed E-state index contributed by atoms with van der Waals surface area (Å²) in [5.74, 6) is -1.18. The summed E-state index contributed by atoms with van der Waals surface area (Å²) in [6.07, 6.45) is 0.222. The van der Waals surface area contributed by atoms with Crippen molar-refractivity contribution in [3.05, 3.63) is 68.3 Å². The van der Waals surface area contributed by atoms with Gasteiger partial charge in [0.25, 0.3) is 11.4 Å². The molecule has 10 nitrogen and oxygen atoms in total. The maximum atomic E-state index is 11.7. The van der Waals surface area contributed by atoms with Gasteiger partial charge < -0.3 is 10.5 Å². The number of nitrogens with one attached hydrogen (secondary N) is 1. The van der Waals surface area contributed by atoms with Crippen LogP contribution >= 0.6 is 0 Å². The lowest BCUT2D eigenvalue weighted by Gasteiger charge is -2.05. The summed E-state index contributed by atoms with van der Waals surface area (Å²) in [7, 11) is 0. The number of rotatable bonds is 6. The lowest BCUT2D eigenvalue weighted by Crippen LogP contribution is -2.08. The number of hydrogen-bond acceptors (Lipinski definition) is 7. The van der Waals surface area contributed by atoms with E-state index in [2.05, 4.69) is 0 Å². The SMILES string of the molecule is CC(=N)C(=O)c1ccc(-c2ccc([N+](=O)[O-])cc2[N+](=O)[O-])cc1.CCC(=O)O. The minimum absolute atomic E-state index is 0.112. The van der Waals surface area contributed by atoms with E-state index in [-0.39, 0.29) is 29.1 Å². The molecule has 10 heteroatoms. The highest BCUT2D eigenvalue weighted by Crippen LogP contribution is 2.33. The molecule has 0 saturated carbocycles. The van der Waals surface area contributed by atoms with Crippen LogP contribution in [0.3, 0.4) is 0 Å². The van der Waals surface area contributed by atoms with Crippen LogP contribution in [0.25, 0.3) is 11.1 Å². The Bertz CT molecular complexity index is 937. The molecule has 0 amide bonds. The van der Waals surface area contributed by atoms with Gasteiger partial charge in [-0.05, 0) is 18.6 Å². The first kappa shape index (κ1) is 22.1. The molecule has 2 rings (SSSR count). The van der Waals surface area contributed by atoms with E-state index in [0.29, 0.717) is 11.1 Å². The molecule has 0 aromatic heterocycles. The molecule has 0 saturated heterocycles. The average Bonchev–Trinajstić information content (AvgIpc) is 2.67. The number of carboxylic acids is 1. The first-order valence-electron chi connectivity index (χ1n) is 7.93. The Kier molecular flexibility index (Phi) is 7.63. The zero-order valence-corrected chi connectivity index (χ0v) is 15.0. The largest absolute Gasteiger partial charge is 0.481 e. The van der Waals surface area contributed by atoms with Crippen LogP contribution in [0.1, 0.15) is 30.6 Å². The van der Waals surface area contributed by atoms with Gasteiger partial charge in [-0.15, -0.1) is 0 Å². The number of Topliss-reactive ketones (excluding diaryl/α,β-unsaturated/α-hetero) is 1. The van der Waals surface area contributed by atoms with E-state index in [1.54, 1.807) is 6.92 Å². The molecule has 0 atom stereocenters. The summed E-state index contributed by atoms with van der Waals surface area (Å²) in [5, 5.41) is 36.9. The average molecular weight is 387 g/mol. The zero-order valence-electron chi connectivity index (χ0n) is 15.0. The maximum absolute atomic E-state index is 11.7. The molecule has 2 aromatic rings. The van der Waals surface area contributed by atoms with E-state index in [0.717, 1.165) is 6.07 Å². The van der Waals surface area contributed by atoms with Crippen molar-refractivity contribution in [3.8, 4) is 11.1 Å². The molecular formula is C18H17N3O7. The predicted octanol–water partition coefficient (Wildman–Crippen LogP) is 3.87. The van der Waals surface area contributed by atoms with E-state index >= 15 is 0 Å². The number of benzene rings is 2. The quantitative estimate of drug-likeness (QED) is 0.328. The molecular weight excluding hydrogens is 370 g/mol. The van der Waals surface area contributed by atoms with Crippen molar-refractivity contribution in [2.75, 3.05) is 0 Å². The van der Waals surface area contributed by atoms with Gasteiger partial charge in [-0.3, -0.25) is 29.8 Å². The summed E-state index contributed by atoms with van der Waals surface area (Å²) in [5.41, 5.74) is 0.0926. The number of hydrogen-bond donors (Lipinski definition) is 2. The normalized spacial score (nSPS) is 9.64. The molecule has 0 aliphatic rings. The van der Waals surface area contributed by atoms with E-state index < -0.39 is 21.6 Å². The Morgan fingerprint density at radius 2 is 1.57 bits per heavy atom. The van der Waals surface area contributed by atoms with Crippen LogP contribution in [0, 0.1) is 25.6 Å². The molecule has 146 valence electrons. The van der Waals surface area contributed by atoms with E-state index in [1.807, 2.05) is 0 Å². The Labute approximate surface area is 159 Å². The molecule has 28 heavy (non-hydrogen) atoms. The zero-order chi connectivity index (χ0) is 21.4. The molecule has 2 aromatic carbocycles. The first-order chi connectivity index (χ1) is 13.1. The fourth-order valence-corrected chi connectivity index (χ4v) is 2.05. The van der Waals surface area contributed by atoms with Gasteiger partial charge in [0.1, 0.15) is 0 Å². The van der Waals surface area contributed by atoms with E-state index in [1.165, 1.54) is 43.3 Å². The van der Waals surface area contributed by atoms with Crippen molar-refractivity contribution < 1.29 is 24.5 Å². The smallest absolute Gasteiger partial charge is 0.303 e. The molecule has 0 aliphatic carbocycles. The molecule has 0 bridgehead atoms. The van der Waals surface area contributed by atoms with Gasteiger partial charge in [0.2, 0.25) is 5.78 Å². The minimum Gasteiger partial charge on any atom is -0.481 e. The van der Waals surface area contributed by atoms with Crippen molar-refractivity contribution >= 4 is 28.8 Å². The van der Waals surface area contributed by atoms with Crippen LogP contribution in [0.15, 0.2) is 42.5 Å². The van der Waals surface area contributed by atoms with Crippen LogP contribution in [0.5, 0.6) is 0 Å². The highest BCUT2D eigenvalue weighted by molar-refractivity contribution is 6.44. The monoisotopic (exact) mass is 387 g/mol. The second-order valence-electron chi connectivity index (χ2n) is 5.49. The fourth-order valence-electron chi connectivity index (χ4n) is 2.05. The molecule has 0 fully saturated rings. The molecule has 0 aliphatic heterocycles. The van der Waals surface area contributed by atoms with Gasteiger partial charge in [-0.25, -0.2) is 0 Å². The van der Waals surface area contributed by atoms with Crippen LogP contribution in [0.4, 0.5) is 11.4 Å². The highest BCUT2D eigenvalue weighted by Gasteiger charge is 2.20. The summed E-state index contributed by atoms with van der Waals surface area (Å²) in [6.45, 7) is 2.97. The van der Waals surface area contributed by atoms with Crippen molar-refractivity contribution in [1.29, 1.82) is 5.41 Å². The Hall–Kier alpha value is -3.95. The maximum Gasteiger partial charge on any atom is 0.303 e. The summed E-state index contributed by atoms with van der Waals surface area (Å²) < 4.78 is 0. The van der Waals surface area contributed by atoms with Crippen LogP contribution in [-0.4, -0.2) is 32.4 Å². The predicted molar refractivity (Wildman–Crippen MR) is 101 cm³/mol. The molecule has 0 heterocycles. The van der Waals surface area contributed by atoms with Gasteiger partial charge in [0.15, 0.2) is 0 Å². The van der Waals surface area contributed by atoms with Crippen LogP contribution < -0.4 is 0 Å². The molecule has 0 radical (unpaired) electrons. The number of carbonyl (C=O) groups is 2. The first-order valence-corrected chi connectivity index (χ1v) is 7.93. The third-order valence-electron chi connectivity index (χ3n) is 3.49. The van der Waals surface area contributed by atoms with Crippen LogP contribution in [0.2, 0.25) is 0 Å². The minimum atomic E-state index is -0.745. The second-order valence-corrected chi connectivity index (χ2v) is 5.49. The van der Waals surface area contributed by atoms with Crippen molar-refractivity contribution in [1.82, 2.24) is 0 Å². The molecule has 2 N–H and O–H groups in total. The molecule has 0 unspecified atom stereocenters. The van der Waals surface area contributed by atoms with E-state index in [9.17, 15) is 29.8 Å². The number of nitro benzene ring substituents is 2.